The van der Waals surface area contributed by atoms with Crippen molar-refractivity contribution in [1.29, 1.82) is 0 Å². The number of hydrogen-bond donors (Lipinski definition) is 4. The molecule has 0 saturated carbocycles. The van der Waals surface area contributed by atoms with Crippen LogP contribution >= 0.6 is 0 Å². The van der Waals surface area contributed by atoms with Gasteiger partial charge < -0.3 is 21.3 Å². The van der Waals surface area contributed by atoms with Gasteiger partial charge in [-0.1, -0.05) is 117 Å². The summed E-state index contributed by atoms with van der Waals surface area (Å²) in [4.78, 5) is 64.8. The predicted molar refractivity (Wildman–Crippen MR) is 186 cm³/mol. The molecule has 10 nitrogen and oxygen atoms in total. The normalized spacial score (nSPS) is 12.2. The van der Waals surface area contributed by atoms with Gasteiger partial charge in [0.25, 0.3) is 0 Å². The Morgan fingerprint density at radius 3 is 1.37 bits per heavy atom. The summed E-state index contributed by atoms with van der Waals surface area (Å²) in [7, 11) is 0. The van der Waals surface area contributed by atoms with Crippen LogP contribution in [0.4, 0.5) is 0 Å². The number of carbonyl (C=O) groups is 5. The van der Waals surface area contributed by atoms with Crippen molar-refractivity contribution >= 4 is 59.2 Å². The van der Waals surface area contributed by atoms with E-state index in [0.717, 1.165) is 56.3 Å². The fourth-order valence-corrected chi connectivity index (χ4v) is 5.56. The van der Waals surface area contributed by atoms with Crippen molar-refractivity contribution in [2.45, 2.75) is 186 Å². The quantitative estimate of drug-likeness (QED) is 0.0484. The van der Waals surface area contributed by atoms with Gasteiger partial charge in [0.1, 0.15) is 12.1 Å². The zero-order chi connectivity index (χ0) is 33.7. The summed E-state index contributed by atoms with van der Waals surface area (Å²) in [5.74, 6) is -4.20. The molecule has 5 N–H and O–H groups in total. The molecule has 264 valence electrons. The molecular weight excluding hydrogens is 597 g/mol. The van der Waals surface area contributed by atoms with E-state index in [1.165, 1.54) is 51.4 Å². The maximum absolute atomic E-state index is 13.5. The van der Waals surface area contributed by atoms with E-state index >= 15 is 0 Å². The van der Waals surface area contributed by atoms with Crippen LogP contribution in [0.2, 0.25) is 0 Å². The molecule has 0 rings (SSSR count). The summed E-state index contributed by atoms with van der Waals surface area (Å²) in [5.41, 5.74) is 5.52. The Morgan fingerprint density at radius 2 is 1.00 bits per heavy atom. The van der Waals surface area contributed by atoms with Crippen LogP contribution in [0.1, 0.15) is 174 Å². The minimum absolute atomic E-state index is 0. The van der Waals surface area contributed by atoms with Crippen LogP contribution in [0.5, 0.6) is 0 Å². The monoisotopic (exact) mass is 663 g/mol. The number of nitrogens with zero attached hydrogens (tertiary/aromatic N) is 1. The fourth-order valence-electron chi connectivity index (χ4n) is 5.56. The number of carbonyl (C=O) groups excluding carboxylic acids is 3. The Bertz CT molecular complexity index is 794. The molecule has 0 aromatic carbocycles. The number of unbranched alkanes of at least 4 members (excludes halogenated alkanes) is 17. The number of carboxylic acids is 2. The Hall–Kier alpha value is -1.49. The van der Waals surface area contributed by atoms with Gasteiger partial charge >= 0.3 is 41.5 Å². The molecule has 0 heterocycles. The Balaban J connectivity index is 0. The van der Waals surface area contributed by atoms with Crippen LogP contribution in [0.25, 0.3) is 0 Å². The van der Waals surface area contributed by atoms with E-state index in [1.807, 2.05) is 0 Å². The van der Waals surface area contributed by atoms with E-state index < -0.39 is 48.2 Å². The molecule has 0 aliphatic heterocycles. The number of carboxylic acid groups (broad SMARTS) is 2. The maximum atomic E-state index is 13.5. The molecule has 46 heavy (non-hydrogen) atoms. The Labute approximate surface area is 301 Å². The summed E-state index contributed by atoms with van der Waals surface area (Å²) in [5, 5.41) is 21.5. The van der Waals surface area contributed by atoms with Crippen LogP contribution < -0.4 is 11.1 Å². The fraction of sp³-hybridized carbons (Fsp3) is 0.857. The Kier molecular flexibility index (Phi) is 32.5. The molecule has 2 atom stereocenters. The summed E-state index contributed by atoms with van der Waals surface area (Å²) >= 11 is 0. The van der Waals surface area contributed by atoms with Crippen LogP contribution in [-0.4, -0.2) is 93.0 Å². The van der Waals surface area contributed by atoms with Gasteiger partial charge in [-0.2, -0.15) is 0 Å². The van der Waals surface area contributed by atoms with E-state index in [0.29, 0.717) is 32.2 Å². The summed E-state index contributed by atoms with van der Waals surface area (Å²) in [6.07, 6.45) is 19.7. The van der Waals surface area contributed by atoms with Gasteiger partial charge in [0, 0.05) is 19.3 Å². The van der Waals surface area contributed by atoms with Crippen molar-refractivity contribution in [3.63, 3.8) is 0 Å². The first-order chi connectivity index (χ1) is 21.7. The van der Waals surface area contributed by atoms with Gasteiger partial charge in [-0.25, -0.2) is 4.79 Å². The molecule has 0 aromatic heterocycles. The van der Waals surface area contributed by atoms with Gasteiger partial charge in [-0.15, -0.1) is 0 Å². The van der Waals surface area contributed by atoms with Crippen LogP contribution in [0.15, 0.2) is 0 Å². The SMILES string of the molecule is CCCCCCCCCCCC(=O)N(C(=O)CCCCCCCCCCC)C(CCC(=O)O)C(=O)NC(CCCCN)C(=O)O.[NaH]. The third kappa shape index (κ3) is 24.7. The van der Waals surface area contributed by atoms with E-state index in [1.54, 1.807) is 0 Å². The molecule has 0 radical (unpaired) electrons. The first kappa shape index (κ1) is 46.6. The zero-order valence-corrected chi connectivity index (χ0v) is 28.5. The van der Waals surface area contributed by atoms with E-state index in [2.05, 4.69) is 19.2 Å². The molecule has 0 aliphatic rings. The van der Waals surface area contributed by atoms with Gasteiger partial charge in [-0.05, 0) is 45.1 Å². The van der Waals surface area contributed by atoms with Gasteiger partial charge in [0.2, 0.25) is 17.7 Å². The van der Waals surface area contributed by atoms with Crippen LogP contribution in [-0.2, 0) is 24.0 Å². The van der Waals surface area contributed by atoms with Gasteiger partial charge in [0.05, 0.1) is 0 Å². The molecule has 2 unspecified atom stereocenters. The molecule has 3 amide bonds. The number of rotatable bonds is 31. The first-order valence-electron chi connectivity index (χ1n) is 18.0. The zero-order valence-electron chi connectivity index (χ0n) is 28.5. The van der Waals surface area contributed by atoms with E-state index in [9.17, 15) is 34.2 Å². The average Bonchev–Trinajstić information content (AvgIpc) is 3.00. The third-order valence-corrected chi connectivity index (χ3v) is 8.33. The molecule has 0 fully saturated rings. The first-order valence-corrected chi connectivity index (χ1v) is 18.0. The summed E-state index contributed by atoms with van der Waals surface area (Å²) < 4.78 is 0. The second kappa shape index (κ2) is 32.1. The standard InChI is InChI=1S/C35H65N3O7.Na.H/c1-3-5-7-9-11-13-15-17-19-24-31(39)38(32(40)25-20-18-16-14-12-10-8-6-4-2)30(26-27-33(41)42)34(43)37-29(35(44)45)23-21-22-28-36;;/h29-30H,3-28,36H2,1-2H3,(H,37,43)(H,41,42)(H,44,45);;. The summed E-state index contributed by atoms with van der Waals surface area (Å²) in [6, 6.07) is -2.60. The van der Waals surface area contributed by atoms with Crippen molar-refractivity contribution in [3.05, 3.63) is 0 Å². The molecule has 11 heteroatoms. The molecule has 0 aliphatic carbocycles. The van der Waals surface area contributed by atoms with Crippen molar-refractivity contribution in [3.8, 4) is 0 Å². The topological polar surface area (TPSA) is 167 Å². The van der Waals surface area contributed by atoms with Gasteiger partial charge in [-0.3, -0.25) is 24.1 Å². The second-order valence-electron chi connectivity index (χ2n) is 12.4. The predicted octanol–water partition coefficient (Wildman–Crippen LogP) is 6.47. The molecule has 0 spiro atoms. The summed E-state index contributed by atoms with van der Waals surface area (Å²) in [6.45, 7) is 4.76. The van der Waals surface area contributed by atoms with Crippen molar-refractivity contribution in [1.82, 2.24) is 10.2 Å². The third-order valence-electron chi connectivity index (χ3n) is 8.33. The Morgan fingerprint density at radius 1 is 0.587 bits per heavy atom. The van der Waals surface area contributed by atoms with Gasteiger partial charge in [0.15, 0.2) is 0 Å². The number of hydrogen-bond acceptors (Lipinski definition) is 6. The van der Waals surface area contributed by atoms with Crippen molar-refractivity contribution in [2.24, 2.45) is 5.73 Å². The number of nitrogens with one attached hydrogen (secondary N) is 1. The number of imide groups is 1. The van der Waals surface area contributed by atoms with Crippen LogP contribution in [0.3, 0.4) is 0 Å². The van der Waals surface area contributed by atoms with E-state index in [-0.39, 0.29) is 55.2 Å². The van der Waals surface area contributed by atoms with Crippen molar-refractivity contribution < 1.29 is 34.2 Å². The number of aliphatic carboxylic acids is 2. The number of amides is 3. The average molecular weight is 664 g/mol. The molecule has 0 saturated heterocycles. The van der Waals surface area contributed by atoms with Crippen molar-refractivity contribution in [2.75, 3.05) is 6.54 Å². The second-order valence-corrected chi connectivity index (χ2v) is 12.4. The van der Waals surface area contributed by atoms with E-state index in [4.69, 9.17) is 5.73 Å². The molecular formula is C35H66N3NaO7. The minimum atomic E-state index is -1.38. The number of nitrogens with two attached hydrogens (primary N) is 1. The van der Waals surface area contributed by atoms with Crippen LogP contribution in [0, 0.1) is 0 Å². The molecule has 0 aromatic rings. The molecule has 0 bridgehead atoms.